The van der Waals surface area contributed by atoms with Crippen LogP contribution in [0.15, 0.2) is 71.8 Å². The second-order valence-electron chi connectivity index (χ2n) is 7.09. The van der Waals surface area contributed by atoms with Crippen molar-refractivity contribution in [2.45, 2.75) is 13.8 Å². The zero-order chi connectivity index (χ0) is 23.8. The number of esters is 1. The molecule has 1 amide bonds. The number of nitro groups is 1. The monoisotopic (exact) mass is 447 g/mol. The van der Waals surface area contributed by atoms with E-state index in [1.807, 2.05) is 26.0 Å². The molecule has 0 aliphatic rings. The third-order valence-electron chi connectivity index (χ3n) is 4.66. The molecule has 0 saturated carbocycles. The molecule has 3 rings (SSSR count). The molecule has 0 aliphatic heterocycles. The highest BCUT2D eigenvalue weighted by molar-refractivity contribution is 5.91. The lowest BCUT2D eigenvalue weighted by Crippen LogP contribution is -2.24. The van der Waals surface area contributed by atoms with Crippen LogP contribution in [0.25, 0.3) is 0 Å². The molecule has 0 heterocycles. The van der Waals surface area contributed by atoms with E-state index >= 15 is 0 Å². The van der Waals surface area contributed by atoms with Gasteiger partial charge in [0.2, 0.25) is 0 Å². The van der Waals surface area contributed by atoms with Crippen molar-refractivity contribution in [2.75, 3.05) is 6.61 Å². The number of hydrogen-bond acceptors (Lipinski definition) is 7. The summed E-state index contributed by atoms with van der Waals surface area (Å²) >= 11 is 0. The van der Waals surface area contributed by atoms with E-state index in [2.05, 4.69) is 10.5 Å². The minimum atomic E-state index is -0.637. The maximum Gasteiger partial charge on any atom is 0.343 e. The summed E-state index contributed by atoms with van der Waals surface area (Å²) < 4.78 is 10.7. The Labute approximate surface area is 189 Å². The summed E-state index contributed by atoms with van der Waals surface area (Å²) in [5.41, 5.74) is 5.35. The normalized spacial score (nSPS) is 10.6. The van der Waals surface area contributed by atoms with Crippen LogP contribution < -0.4 is 14.9 Å². The van der Waals surface area contributed by atoms with Gasteiger partial charge in [0.15, 0.2) is 6.61 Å². The summed E-state index contributed by atoms with van der Waals surface area (Å²) in [5.74, 6) is -0.141. The Bertz CT molecular complexity index is 1190. The fourth-order valence-electron chi connectivity index (χ4n) is 2.67. The van der Waals surface area contributed by atoms with Crippen LogP contribution in [0.1, 0.15) is 27.0 Å². The molecule has 0 fully saturated rings. The van der Waals surface area contributed by atoms with Gasteiger partial charge in [-0.15, -0.1) is 0 Å². The van der Waals surface area contributed by atoms with E-state index in [0.29, 0.717) is 17.1 Å². The number of hydrogen-bond donors (Lipinski definition) is 1. The molecule has 0 spiro atoms. The van der Waals surface area contributed by atoms with Crippen LogP contribution >= 0.6 is 0 Å². The van der Waals surface area contributed by atoms with E-state index in [-0.39, 0.29) is 17.9 Å². The van der Waals surface area contributed by atoms with Crippen LogP contribution in [0.2, 0.25) is 0 Å². The van der Waals surface area contributed by atoms with Crippen molar-refractivity contribution in [3.63, 3.8) is 0 Å². The van der Waals surface area contributed by atoms with Crippen molar-refractivity contribution in [1.29, 1.82) is 0 Å². The van der Waals surface area contributed by atoms with Crippen LogP contribution in [0.5, 0.6) is 11.5 Å². The standard InChI is InChI=1S/C24H21N3O6/c1-16-3-10-22(13-17(16)2)32-15-23(28)26-25-14-18-4-11-21(12-5-18)33-24(29)19-6-8-20(9-7-19)27(30)31/h3-14H,15H2,1-2H3,(H,26,28)/b25-14+. The quantitative estimate of drug-likeness (QED) is 0.183. The molecule has 9 heteroatoms. The molecule has 0 bridgehead atoms. The van der Waals surface area contributed by atoms with Crippen molar-refractivity contribution in [2.24, 2.45) is 5.10 Å². The van der Waals surface area contributed by atoms with Gasteiger partial charge in [0.1, 0.15) is 11.5 Å². The molecule has 0 aromatic heterocycles. The lowest BCUT2D eigenvalue weighted by molar-refractivity contribution is -0.384. The number of amides is 1. The smallest absolute Gasteiger partial charge is 0.343 e. The average molecular weight is 447 g/mol. The van der Waals surface area contributed by atoms with Crippen LogP contribution in [-0.2, 0) is 4.79 Å². The van der Waals surface area contributed by atoms with E-state index in [4.69, 9.17) is 9.47 Å². The third-order valence-corrected chi connectivity index (χ3v) is 4.66. The number of nitro benzene ring substituents is 1. The second kappa shape index (κ2) is 10.7. The number of aryl methyl sites for hydroxylation is 2. The first-order chi connectivity index (χ1) is 15.8. The first-order valence-corrected chi connectivity index (χ1v) is 9.90. The van der Waals surface area contributed by atoms with Gasteiger partial charge >= 0.3 is 5.97 Å². The fraction of sp³-hybridized carbons (Fsp3) is 0.125. The van der Waals surface area contributed by atoms with Gasteiger partial charge in [-0.3, -0.25) is 14.9 Å². The fourth-order valence-corrected chi connectivity index (χ4v) is 2.67. The maximum absolute atomic E-state index is 12.1. The number of carbonyl (C=O) groups is 2. The first kappa shape index (κ1) is 23.1. The SMILES string of the molecule is Cc1ccc(OCC(=O)N/N=C/c2ccc(OC(=O)c3ccc([N+](=O)[O-])cc3)cc2)cc1C. The van der Waals surface area contributed by atoms with Crippen LogP contribution in [-0.4, -0.2) is 29.6 Å². The Hall–Kier alpha value is -4.53. The highest BCUT2D eigenvalue weighted by atomic mass is 16.6. The maximum atomic E-state index is 12.1. The molecule has 0 unspecified atom stereocenters. The number of non-ortho nitro benzene ring substituents is 1. The summed E-state index contributed by atoms with van der Waals surface area (Å²) in [6.07, 6.45) is 1.44. The van der Waals surface area contributed by atoms with Crippen molar-refractivity contribution in [3.05, 3.63) is 99.1 Å². The Kier molecular flexibility index (Phi) is 7.48. The van der Waals surface area contributed by atoms with Crippen molar-refractivity contribution in [3.8, 4) is 11.5 Å². The Morgan fingerprint density at radius 2 is 1.64 bits per heavy atom. The highest BCUT2D eigenvalue weighted by Gasteiger charge is 2.11. The van der Waals surface area contributed by atoms with Crippen molar-refractivity contribution < 1.29 is 24.0 Å². The summed E-state index contributed by atoms with van der Waals surface area (Å²) in [7, 11) is 0. The lowest BCUT2D eigenvalue weighted by Gasteiger charge is -2.07. The average Bonchev–Trinajstić information content (AvgIpc) is 2.81. The van der Waals surface area contributed by atoms with Gasteiger partial charge in [-0.25, -0.2) is 10.2 Å². The van der Waals surface area contributed by atoms with E-state index in [1.54, 1.807) is 30.3 Å². The van der Waals surface area contributed by atoms with Crippen molar-refractivity contribution >= 4 is 23.8 Å². The van der Waals surface area contributed by atoms with Gasteiger partial charge in [0, 0.05) is 12.1 Å². The summed E-state index contributed by atoms with van der Waals surface area (Å²) in [6, 6.07) is 17.1. The number of ether oxygens (including phenoxy) is 2. The highest BCUT2D eigenvalue weighted by Crippen LogP contribution is 2.17. The Balaban J connectivity index is 1.47. The molecule has 1 N–H and O–H groups in total. The third kappa shape index (κ3) is 6.73. The van der Waals surface area contributed by atoms with E-state index in [0.717, 1.165) is 11.1 Å². The molecular weight excluding hydrogens is 426 g/mol. The summed E-state index contributed by atoms with van der Waals surface area (Å²) in [6.45, 7) is 3.79. The largest absolute Gasteiger partial charge is 0.484 e. The summed E-state index contributed by atoms with van der Waals surface area (Å²) in [5, 5.41) is 14.6. The minimum Gasteiger partial charge on any atom is -0.484 e. The van der Waals surface area contributed by atoms with E-state index in [1.165, 1.54) is 30.5 Å². The van der Waals surface area contributed by atoms with Gasteiger partial charge in [0.25, 0.3) is 11.6 Å². The van der Waals surface area contributed by atoms with E-state index < -0.39 is 16.8 Å². The molecule has 168 valence electrons. The van der Waals surface area contributed by atoms with Crippen molar-refractivity contribution in [1.82, 2.24) is 5.43 Å². The summed E-state index contributed by atoms with van der Waals surface area (Å²) in [4.78, 5) is 34.2. The zero-order valence-corrected chi connectivity index (χ0v) is 18.0. The first-order valence-electron chi connectivity index (χ1n) is 9.90. The molecule has 9 nitrogen and oxygen atoms in total. The van der Waals surface area contributed by atoms with Gasteiger partial charge in [-0.2, -0.15) is 5.10 Å². The molecule has 0 saturated heterocycles. The molecular formula is C24H21N3O6. The lowest BCUT2D eigenvalue weighted by atomic mass is 10.1. The van der Waals surface area contributed by atoms with Crippen LogP contribution in [0.4, 0.5) is 5.69 Å². The van der Waals surface area contributed by atoms with E-state index in [9.17, 15) is 19.7 Å². The number of nitrogens with zero attached hydrogens (tertiary/aromatic N) is 2. The van der Waals surface area contributed by atoms with Gasteiger partial charge in [-0.1, -0.05) is 6.07 Å². The number of rotatable bonds is 8. The molecule has 0 aliphatic carbocycles. The number of hydrazone groups is 1. The minimum absolute atomic E-state index is 0.112. The zero-order valence-electron chi connectivity index (χ0n) is 18.0. The topological polar surface area (TPSA) is 120 Å². The predicted molar refractivity (Wildman–Crippen MR) is 122 cm³/mol. The number of nitrogens with one attached hydrogen (secondary N) is 1. The number of benzene rings is 3. The van der Waals surface area contributed by atoms with Crippen LogP contribution in [0, 0.1) is 24.0 Å². The molecule has 3 aromatic rings. The van der Waals surface area contributed by atoms with Gasteiger partial charge < -0.3 is 9.47 Å². The molecule has 33 heavy (non-hydrogen) atoms. The predicted octanol–water partition coefficient (Wildman–Crippen LogP) is 3.96. The molecule has 0 radical (unpaired) electrons. The van der Waals surface area contributed by atoms with Gasteiger partial charge in [0.05, 0.1) is 16.7 Å². The molecule has 3 aromatic carbocycles. The van der Waals surface area contributed by atoms with Gasteiger partial charge in [-0.05, 0) is 79.1 Å². The Morgan fingerprint density at radius 1 is 0.970 bits per heavy atom. The number of carbonyl (C=O) groups excluding carboxylic acids is 2. The van der Waals surface area contributed by atoms with Crippen LogP contribution in [0.3, 0.4) is 0 Å². The Morgan fingerprint density at radius 3 is 2.27 bits per heavy atom. The molecule has 0 atom stereocenters. The second-order valence-corrected chi connectivity index (χ2v) is 7.09.